The van der Waals surface area contributed by atoms with Gasteiger partial charge in [0, 0.05) is 31.4 Å². The van der Waals surface area contributed by atoms with E-state index in [1.54, 1.807) is 0 Å². The summed E-state index contributed by atoms with van der Waals surface area (Å²) in [5.74, 6) is 1.18. The first-order chi connectivity index (χ1) is 10.9. The van der Waals surface area contributed by atoms with Crippen LogP contribution in [0.2, 0.25) is 0 Å². The number of rotatable bonds is 4. The Hall–Kier alpha value is -1.07. The highest BCUT2D eigenvalue weighted by Crippen LogP contribution is 2.25. The number of benzene rings is 1. The van der Waals surface area contributed by atoms with Crippen molar-refractivity contribution >= 4 is 15.5 Å². The van der Waals surface area contributed by atoms with E-state index < -0.39 is 9.84 Å². The third kappa shape index (κ3) is 4.07. The van der Waals surface area contributed by atoms with Crippen LogP contribution in [0, 0.1) is 12.8 Å². The number of piperazine rings is 1. The fraction of sp³-hybridized carbons (Fsp3) is 0.667. The van der Waals surface area contributed by atoms with E-state index in [0.29, 0.717) is 23.5 Å². The van der Waals surface area contributed by atoms with Crippen molar-refractivity contribution in [3.63, 3.8) is 0 Å². The second-order valence-corrected chi connectivity index (χ2v) is 9.40. The molecule has 0 aliphatic carbocycles. The van der Waals surface area contributed by atoms with Crippen LogP contribution in [-0.2, 0) is 9.84 Å². The minimum Gasteiger partial charge on any atom is -0.368 e. The molecule has 0 unspecified atom stereocenters. The van der Waals surface area contributed by atoms with Crippen molar-refractivity contribution in [2.24, 2.45) is 5.92 Å². The first kappa shape index (κ1) is 16.8. The van der Waals surface area contributed by atoms with Gasteiger partial charge in [-0.1, -0.05) is 18.2 Å². The van der Waals surface area contributed by atoms with Crippen LogP contribution in [0.3, 0.4) is 0 Å². The number of hydrogen-bond donors (Lipinski definition) is 0. The maximum absolute atomic E-state index is 11.6. The number of hydrogen-bond acceptors (Lipinski definition) is 4. The van der Waals surface area contributed by atoms with Crippen molar-refractivity contribution in [2.45, 2.75) is 32.7 Å². The Morgan fingerprint density at radius 1 is 1.22 bits per heavy atom. The molecule has 2 saturated heterocycles. The number of para-hydroxylation sites is 1. The molecule has 0 aromatic heterocycles. The molecular formula is C18H28N2O2S. The third-order valence-corrected chi connectivity index (χ3v) is 7.21. The summed E-state index contributed by atoms with van der Waals surface area (Å²) in [7, 11) is -2.74. The van der Waals surface area contributed by atoms with Gasteiger partial charge in [-0.05, 0) is 50.8 Å². The van der Waals surface area contributed by atoms with Gasteiger partial charge in [0.25, 0.3) is 0 Å². The second kappa shape index (κ2) is 6.81. The van der Waals surface area contributed by atoms with Crippen molar-refractivity contribution in [3.05, 3.63) is 29.8 Å². The Kier molecular flexibility index (Phi) is 4.97. The highest BCUT2D eigenvalue weighted by atomic mass is 32.2. The Bertz CT molecular complexity index is 644. The fourth-order valence-corrected chi connectivity index (χ4v) is 5.82. The largest absolute Gasteiger partial charge is 0.368 e. The van der Waals surface area contributed by atoms with Gasteiger partial charge < -0.3 is 4.90 Å². The molecule has 1 aromatic carbocycles. The molecule has 23 heavy (non-hydrogen) atoms. The summed E-state index contributed by atoms with van der Waals surface area (Å²) in [6.45, 7) is 8.66. The smallest absolute Gasteiger partial charge is 0.150 e. The lowest BCUT2D eigenvalue weighted by Crippen LogP contribution is -2.52. The summed E-state index contributed by atoms with van der Waals surface area (Å²) < 4.78 is 23.1. The molecule has 2 aliphatic heterocycles. The van der Waals surface area contributed by atoms with E-state index in [1.807, 2.05) is 0 Å². The first-order valence-electron chi connectivity index (χ1n) is 8.70. The van der Waals surface area contributed by atoms with E-state index in [4.69, 9.17) is 0 Å². The molecule has 2 atom stereocenters. The lowest BCUT2D eigenvalue weighted by Gasteiger charge is -2.41. The zero-order valence-corrected chi connectivity index (χ0v) is 15.1. The molecule has 2 aliphatic rings. The van der Waals surface area contributed by atoms with Crippen molar-refractivity contribution in [2.75, 3.05) is 42.6 Å². The summed E-state index contributed by atoms with van der Waals surface area (Å²) in [6.07, 6.45) is 1.88. The molecule has 0 saturated carbocycles. The van der Waals surface area contributed by atoms with E-state index in [0.717, 1.165) is 39.0 Å². The van der Waals surface area contributed by atoms with Crippen LogP contribution in [0.5, 0.6) is 0 Å². The molecule has 2 fully saturated rings. The molecule has 2 heterocycles. The predicted molar refractivity (Wildman–Crippen MR) is 95.8 cm³/mol. The molecule has 0 amide bonds. The minimum absolute atomic E-state index is 0.376. The monoisotopic (exact) mass is 336 g/mol. The van der Waals surface area contributed by atoms with Crippen LogP contribution in [0.4, 0.5) is 5.69 Å². The lowest BCUT2D eigenvalue weighted by atomic mass is 10.0. The molecule has 128 valence electrons. The zero-order chi connectivity index (χ0) is 16.4. The molecule has 3 rings (SSSR count). The SMILES string of the molecule is Cc1ccccc1N1CCN(CC[C@@H]2CCS(=O)(=O)C2)[C@H](C)C1. The molecule has 5 heteroatoms. The molecule has 1 aromatic rings. The topological polar surface area (TPSA) is 40.6 Å². The van der Waals surface area contributed by atoms with Gasteiger partial charge in [-0.25, -0.2) is 8.42 Å². The summed E-state index contributed by atoms with van der Waals surface area (Å²) in [6, 6.07) is 9.10. The van der Waals surface area contributed by atoms with Crippen LogP contribution in [-0.4, -0.2) is 57.0 Å². The average Bonchev–Trinajstić information content (AvgIpc) is 2.86. The van der Waals surface area contributed by atoms with Gasteiger partial charge in [-0.3, -0.25) is 4.90 Å². The minimum atomic E-state index is -2.74. The van der Waals surface area contributed by atoms with Crippen LogP contribution in [0.1, 0.15) is 25.3 Å². The molecule has 0 N–H and O–H groups in total. The first-order valence-corrected chi connectivity index (χ1v) is 10.5. The van der Waals surface area contributed by atoms with Crippen molar-refractivity contribution < 1.29 is 8.42 Å². The van der Waals surface area contributed by atoms with Crippen LogP contribution in [0.25, 0.3) is 0 Å². The molecule has 0 radical (unpaired) electrons. The molecule has 4 nitrogen and oxygen atoms in total. The highest BCUT2D eigenvalue weighted by molar-refractivity contribution is 7.91. The summed E-state index contributed by atoms with van der Waals surface area (Å²) >= 11 is 0. The van der Waals surface area contributed by atoms with E-state index in [-0.39, 0.29) is 0 Å². The quantitative estimate of drug-likeness (QED) is 0.846. The van der Waals surface area contributed by atoms with Gasteiger partial charge in [0.1, 0.15) is 0 Å². The molecule has 0 bridgehead atoms. The summed E-state index contributed by atoms with van der Waals surface area (Å²) in [4.78, 5) is 5.01. The van der Waals surface area contributed by atoms with Gasteiger partial charge in [0.2, 0.25) is 0 Å². The molecule has 0 spiro atoms. The van der Waals surface area contributed by atoms with E-state index in [1.165, 1.54) is 11.3 Å². The van der Waals surface area contributed by atoms with Gasteiger partial charge >= 0.3 is 0 Å². The third-order valence-electron chi connectivity index (χ3n) is 5.37. The number of aryl methyl sites for hydroxylation is 1. The fourth-order valence-electron chi connectivity index (χ4n) is 3.91. The highest BCUT2D eigenvalue weighted by Gasteiger charge is 2.30. The van der Waals surface area contributed by atoms with Gasteiger partial charge in [-0.2, -0.15) is 0 Å². The Labute approximate surface area is 140 Å². The van der Waals surface area contributed by atoms with Crippen LogP contribution >= 0.6 is 0 Å². The Morgan fingerprint density at radius 2 is 2.00 bits per heavy atom. The standard InChI is InChI=1S/C18H28N2O2S/c1-15-5-3-4-6-18(15)20-11-10-19(16(2)13-20)9-7-17-8-12-23(21,22)14-17/h3-6,16-17H,7-14H2,1-2H3/t16-,17-/m1/s1. The van der Waals surface area contributed by atoms with Crippen molar-refractivity contribution in [1.29, 1.82) is 0 Å². The maximum Gasteiger partial charge on any atom is 0.150 e. The van der Waals surface area contributed by atoms with E-state index >= 15 is 0 Å². The summed E-state index contributed by atoms with van der Waals surface area (Å²) in [5, 5.41) is 0. The maximum atomic E-state index is 11.6. The predicted octanol–water partition coefficient (Wildman–Crippen LogP) is 2.33. The summed E-state index contributed by atoms with van der Waals surface area (Å²) in [5.41, 5.74) is 2.69. The lowest BCUT2D eigenvalue weighted by molar-refractivity contribution is 0.179. The number of sulfone groups is 1. The van der Waals surface area contributed by atoms with Gasteiger partial charge in [-0.15, -0.1) is 0 Å². The van der Waals surface area contributed by atoms with Gasteiger partial charge in [0.15, 0.2) is 9.84 Å². The number of nitrogens with zero attached hydrogens (tertiary/aromatic N) is 2. The molecular weight excluding hydrogens is 308 g/mol. The van der Waals surface area contributed by atoms with Crippen LogP contribution < -0.4 is 4.90 Å². The van der Waals surface area contributed by atoms with Gasteiger partial charge in [0.05, 0.1) is 11.5 Å². The van der Waals surface area contributed by atoms with Crippen molar-refractivity contribution in [3.8, 4) is 0 Å². The number of anilines is 1. The Balaban J connectivity index is 1.52. The van der Waals surface area contributed by atoms with E-state index in [2.05, 4.69) is 47.9 Å². The van der Waals surface area contributed by atoms with Crippen molar-refractivity contribution in [1.82, 2.24) is 4.90 Å². The van der Waals surface area contributed by atoms with Crippen LogP contribution in [0.15, 0.2) is 24.3 Å². The van der Waals surface area contributed by atoms with E-state index in [9.17, 15) is 8.42 Å². The zero-order valence-electron chi connectivity index (χ0n) is 14.2. The Morgan fingerprint density at radius 3 is 2.65 bits per heavy atom. The second-order valence-electron chi connectivity index (χ2n) is 7.18. The average molecular weight is 337 g/mol. The normalized spacial score (nSPS) is 28.2.